The number of likely N-dealkylation sites (tertiary alicyclic amines) is 1. The SMILES string of the molecule is C#CCOc1cccc(NC(=O)N2C[C@@H](C(F)(F)F)[C@H](C(=O)O)C2)c1. The third-order valence-electron chi connectivity index (χ3n) is 3.75. The fourth-order valence-electron chi connectivity index (χ4n) is 2.54. The molecule has 1 aromatic rings. The number of carbonyl (C=O) groups is 2. The van der Waals surface area contributed by atoms with Crippen LogP contribution in [0.25, 0.3) is 0 Å². The molecule has 25 heavy (non-hydrogen) atoms. The number of carboxylic acid groups (broad SMARTS) is 1. The molecule has 2 rings (SSSR count). The molecule has 2 N–H and O–H groups in total. The minimum absolute atomic E-state index is 0.0249. The van der Waals surface area contributed by atoms with Gasteiger partial charge in [0.2, 0.25) is 0 Å². The summed E-state index contributed by atoms with van der Waals surface area (Å²) >= 11 is 0. The van der Waals surface area contributed by atoms with Crippen LogP contribution in [0, 0.1) is 24.2 Å². The van der Waals surface area contributed by atoms with E-state index in [1.807, 2.05) is 0 Å². The molecule has 0 unspecified atom stereocenters. The van der Waals surface area contributed by atoms with Crippen LogP contribution >= 0.6 is 0 Å². The van der Waals surface area contributed by atoms with Gasteiger partial charge in [-0.2, -0.15) is 13.2 Å². The molecule has 0 aromatic heterocycles. The van der Waals surface area contributed by atoms with Gasteiger partial charge in [-0.05, 0) is 12.1 Å². The molecule has 1 saturated heterocycles. The average Bonchev–Trinajstić information content (AvgIpc) is 2.99. The molecule has 0 spiro atoms. The molecule has 1 heterocycles. The van der Waals surface area contributed by atoms with Gasteiger partial charge in [-0.25, -0.2) is 4.79 Å². The summed E-state index contributed by atoms with van der Waals surface area (Å²) < 4.78 is 44.0. The van der Waals surface area contributed by atoms with Gasteiger partial charge in [-0.3, -0.25) is 4.79 Å². The number of ether oxygens (including phenoxy) is 1. The first-order chi connectivity index (χ1) is 11.7. The summed E-state index contributed by atoms with van der Waals surface area (Å²) in [6.45, 7) is -1.20. The van der Waals surface area contributed by atoms with E-state index in [2.05, 4.69) is 11.2 Å². The van der Waals surface area contributed by atoms with Crippen molar-refractivity contribution in [3.8, 4) is 18.1 Å². The molecule has 2 atom stereocenters. The fourth-order valence-corrected chi connectivity index (χ4v) is 2.54. The Labute approximate surface area is 141 Å². The van der Waals surface area contributed by atoms with E-state index in [0.717, 1.165) is 4.90 Å². The number of nitrogens with one attached hydrogen (secondary N) is 1. The van der Waals surface area contributed by atoms with E-state index in [9.17, 15) is 22.8 Å². The molecule has 9 heteroatoms. The number of hydrogen-bond donors (Lipinski definition) is 2. The normalized spacial score (nSPS) is 20.0. The van der Waals surface area contributed by atoms with Crippen LogP contribution < -0.4 is 10.1 Å². The first-order valence-electron chi connectivity index (χ1n) is 7.24. The number of carboxylic acids is 1. The number of aliphatic carboxylic acids is 1. The Morgan fingerprint density at radius 2 is 2.12 bits per heavy atom. The van der Waals surface area contributed by atoms with Gasteiger partial charge in [-0.15, -0.1) is 6.42 Å². The molecule has 0 bridgehead atoms. The first-order valence-corrected chi connectivity index (χ1v) is 7.24. The van der Waals surface area contributed by atoms with Gasteiger partial charge in [0.15, 0.2) is 0 Å². The maximum atomic E-state index is 13.0. The highest BCUT2D eigenvalue weighted by Crippen LogP contribution is 2.37. The first kappa shape index (κ1) is 18.4. The highest BCUT2D eigenvalue weighted by Gasteiger charge is 2.53. The number of urea groups is 1. The third kappa shape index (κ3) is 4.56. The number of carbonyl (C=O) groups excluding carboxylic acids is 1. The Morgan fingerprint density at radius 1 is 1.40 bits per heavy atom. The summed E-state index contributed by atoms with van der Waals surface area (Å²) in [7, 11) is 0. The standard InChI is InChI=1S/C16H15F3N2O4/c1-2-6-25-11-5-3-4-10(7-11)20-15(24)21-8-12(14(22)23)13(9-21)16(17,18)19/h1,3-5,7,12-13H,6,8-9H2,(H,20,24)(H,22,23)/t12-,13-/m1/s1. The van der Waals surface area contributed by atoms with Gasteiger partial charge in [0.25, 0.3) is 0 Å². The summed E-state index contributed by atoms with van der Waals surface area (Å²) in [5, 5.41) is 11.4. The van der Waals surface area contributed by atoms with Gasteiger partial charge < -0.3 is 20.1 Å². The number of alkyl halides is 3. The molecule has 6 nitrogen and oxygen atoms in total. The largest absolute Gasteiger partial charge is 0.481 e. The number of halogens is 3. The second kappa shape index (κ2) is 7.34. The Kier molecular flexibility index (Phi) is 5.41. The molecular weight excluding hydrogens is 341 g/mol. The minimum atomic E-state index is -4.69. The van der Waals surface area contributed by atoms with Crippen molar-refractivity contribution in [3.63, 3.8) is 0 Å². The van der Waals surface area contributed by atoms with Crippen molar-refractivity contribution in [2.45, 2.75) is 6.18 Å². The summed E-state index contributed by atoms with van der Waals surface area (Å²) in [6, 6.07) is 5.34. The summed E-state index contributed by atoms with van der Waals surface area (Å²) in [6.07, 6.45) is 0.379. The average molecular weight is 356 g/mol. The Morgan fingerprint density at radius 3 is 2.68 bits per heavy atom. The van der Waals surface area contributed by atoms with Crippen LogP contribution in [-0.2, 0) is 4.79 Å². The lowest BCUT2D eigenvalue weighted by Crippen LogP contribution is -2.35. The monoisotopic (exact) mass is 356 g/mol. The zero-order valence-electron chi connectivity index (χ0n) is 12.9. The van der Waals surface area contributed by atoms with E-state index in [1.165, 1.54) is 12.1 Å². The lowest BCUT2D eigenvalue weighted by atomic mass is 9.96. The van der Waals surface area contributed by atoms with E-state index in [-0.39, 0.29) is 6.61 Å². The second-order valence-electron chi connectivity index (χ2n) is 5.45. The molecule has 1 fully saturated rings. The van der Waals surface area contributed by atoms with E-state index in [0.29, 0.717) is 11.4 Å². The van der Waals surface area contributed by atoms with Crippen molar-refractivity contribution in [2.24, 2.45) is 11.8 Å². The molecule has 1 aromatic carbocycles. The minimum Gasteiger partial charge on any atom is -0.481 e. The van der Waals surface area contributed by atoms with E-state index in [4.69, 9.17) is 16.3 Å². The number of benzene rings is 1. The molecule has 0 aliphatic carbocycles. The molecule has 134 valence electrons. The van der Waals surface area contributed by atoms with Crippen molar-refractivity contribution in [1.82, 2.24) is 4.90 Å². The van der Waals surface area contributed by atoms with Gasteiger partial charge in [-0.1, -0.05) is 12.0 Å². The third-order valence-corrected chi connectivity index (χ3v) is 3.75. The second-order valence-corrected chi connectivity index (χ2v) is 5.45. The van der Waals surface area contributed by atoms with E-state index < -0.39 is 43.1 Å². The molecule has 1 aliphatic rings. The predicted octanol–water partition coefficient (Wildman–Crippen LogP) is 2.43. The zero-order chi connectivity index (χ0) is 18.6. The van der Waals surface area contributed by atoms with Gasteiger partial charge in [0.05, 0.1) is 11.8 Å². The van der Waals surface area contributed by atoms with Crippen molar-refractivity contribution >= 4 is 17.7 Å². The van der Waals surface area contributed by atoms with Crippen molar-refractivity contribution in [2.75, 3.05) is 25.0 Å². The molecular formula is C16H15F3N2O4. The van der Waals surface area contributed by atoms with E-state index in [1.54, 1.807) is 12.1 Å². The summed E-state index contributed by atoms with van der Waals surface area (Å²) in [4.78, 5) is 24.0. The molecule has 0 radical (unpaired) electrons. The lowest BCUT2D eigenvalue weighted by Gasteiger charge is -2.19. The summed E-state index contributed by atoms with van der Waals surface area (Å²) in [5.74, 6) is -2.70. The number of amides is 2. The van der Waals surface area contributed by atoms with Crippen molar-refractivity contribution in [1.29, 1.82) is 0 Å². The maximum Gasteiger partial charge on any atom is 0.394 e. The van der Waals surface area contributed by atoms with Crippen LogP contribution in [0.4, 0.5) is 23.7 Å². The lowest BCUT2D eigenvalue weighted by molar-refractivity contribution is -0.187. The predicted molar refractivity (Wildman–Crippen MR) is 82.0 cm³/mol. The van der Waals surface area contributed by atoms with Gasteiger partial charge in [0, 0.05) is 24.8 Å². The zero-order valence-corrected chi connectivity index (χ0v) is 12.9. The number of anilines is 1. The number of hydrogen-bond acceptors (Lipinski definition) is 3. The van der Waals surface area contributed by atoms with Crippen molar-refractivity contribution < 1.29 is 32.6 Å². The molecule has 1 aliphatic heterocycles. The van der Waals surface area contributed by atoms with Gasteiger partial charge >= 0.3 is 18.2 Å². The smallest absolute Gasteiger partial charge is 0.394 e. The number of nitrogens with zero attached hydrogens (tertiary/aromatic N) is 1. The van der Waals surface area contributed by atoms with Gasteiger partial charge in [0.1, 0.15) is 12.4 Å². The Bertz CT molecular complexity index is 699. The quantitative estimate of drug-likeness (QED) is 0.812. The highest BCUT2D eigenvalue weighted by atomic mass is 19.4. The van der Waals surface area contributed by atoms with Crippen LogP contribution in [-0.4, -0.2) is 47.9 Å². The number of terminal acetylenes is 1. The van der Waals surface area contributed by atoms with Crippen LogP contribution in [0.2, 0.25) is 0 Å². The van der Waals surface area contributed by atoms with E-state index >= 15 is 0 Å². The van der Waals surface area contributed by atoms with Crippen molar-refractivity contribution in [3.05, 3.63) is 24.3 Å². The Balaban J connectivity index is 2.06. The Hall–Kier alpha value is -2.89. The topological polar surface area (TPSA) is 78.9 Å². The number of rotatable bonds is 4. The van der Waals surface area contributed by atoms with Crippen LogP contribution in [0.15, 0.2) is 24.3 Å². The van der Waals surface area contributed by atoms with Crippen LogP contribution in [0.5, 0.6) is 5.75 Å². The summed E-state index contributed by atoms with van der Waals surface area (Å²) in [5.41, 5.74) is 0.293. The maximum absolute atomic E-state index is 13.0. The van der Waals surface area contributed by atoms with Crippen LogP contribution in [0.1, 0.15) is 0 Å². The molecule has 0 saturated carbocycles. The fraction of sp³-hybridized carbons (Fsp3) is 0.375. The highest BCUT2D eigenvalue weighted by molar-refractivity contribution is 5.90. The molecule has 2 amide bonds. The van der Waals surface area contributed by atoms with Crippen LogP contribution in [0.3, 0.4) is 0 Å².